The van der Waals surface area contributed by atoms with Crippen molar-refractivity contribution in [2.75, 3.05) is 12.4 Å². The van der Waals surface area contributed by atoms with Gasteiger partial charge in [-0.25, -0.2) is 0 Å². The summed E-state index contributed by atoms with van der Waals surface area (Å²) in [6.45, 7) is 9.24. The number of rotatable bonds is 3. The van der Waals surface area contributed by atoms with E-state index in [1.54, 1.807) is 7.11 Å². The van der Waals surface area contributed by atoms with Crippen LogP contribution in [0.15, 0.2) is 16.6 Å². The second-order valence-corrected chi connectivity index (χ2v) is 8.27. The van der Waals surface area contributed by atoms with Gasteiger partial charge >= 0.3 is 0 Å². The highest BCUT2D eigenvalue weighted by atomic mass is 79.9. The van der Waals surface area contributed by atoms with Gasteiger partial charge in [0.05, 0.1) is 12.8 Å². The molecular weight excluding hydrogens is 326 g/mol. The van der Waals surface area contributed by atoms with Crippen molar-refractivity contribution in [3.63, 3.8) is 0 Å². The van der Waals surface area contributed by atoms with Crippen LogP contribution in [0.1, 0.15) is 52.0 Å². The lowest BCUT2D eigenvalue weighted by molar-refractivity contribution is 0.173. The van der Waals surface area contributed by atoms with Gasteiger partial charge in [0.15, 0.2) is 0 Å². The first-order chi connectivity index (χ1) is 9.81. The Balaban J connectivity index is 2.04. The largest absolute Gasteiger partial charge is 0.495 e. The minimum absolute atomic E-state index is 0.441. The highest BCUT2D eigenvalue weighted by molar-refractivity contribution is 9.10. The average Bonchev–Trinajstić information content (AvgIpc) is 2.41. The van der Waals surface area contributed by atoms with Crippen LogP contribution in [-0.4, -0.2) is 13.2 Å². The lowest BCUT2D eigenvalue weighted by atomic mass is 9.71. The molecule has 0 bridgehead atoms. The molecule has 0 aliphatic heterocycles. The molecular formula is C18H28BrNO. The van der Waals surface area contributed by atoms with Crippen molar-refractivity contribution in [3.8, 4) is 5.75 Å². The Bertz CT molecular complexity index is 485. The first-order valence-corrected chi connectivity index (χ1v) is 8.71. The van der Waals surface area contributed by atoms with Gasteiger partial charge in [0.25, 0.3) is 0 Å². The lowest BCUT2D eigenvalue weighted by Gasteiger charge is -2.37. The summed E-state index contributed by atoms with van der Waals surface area (Å²) >= 11 is 3.54. The maximum atomic E-state index is 5.53. The number of ether oxygens (including phenoxy) is 1. The normalized spacial score (nSPS) is 23.0. The molecule has 1 saturated carbocycles. The number of halogens is 1. The quantitative estimate of drug-likeness (QED) is 0.743. The van der Waals surface area contributed by atoms with E-state index < -0.39 is 0 Å². The van der Waals surface area contributed by atoms with Crippen molar-refractivity contribution in [1.82, 2.24) is 0 Å². The molecule has 0 saturated heterocycles. The van der Waals surface area contributed by atoms with E-state index in [4.69, 9.17) is 4.74 Å². The van der Waals surface area contributed by atoms with Crippen molar-refractivity contribution in [1.29, 1.82) is 0 Å². The lowest BCUT2D eigenvalue weighted by Crippen LogP contribution is -2.31. The van der Waals surface area contributed by atoms with Crippen molar-refractivity contribution in [2.24, 2.45) is 11.3 Å². The van der Waals surface area contributed by atoms with Crippen LogP contribution >= 0.6 is 15.9 Å². The number of hydrogen-bond donors (Lipinski definition) is 1. The van der Waals surface area contributed by atoms with Crippen LogP contribution in [0.3, 0.4) is 0 Å². The fourth-order valence-corrected chi connectivity index (χ4v) is 3.92. The molecule has 0 atom stereocenters. The predicted octanol–water partition coefficient (Wildman–Crippen LogP) is 5.78. The van der Waals surface area contributed by atoms with Crippen molar-refractivity contribution >= 4 is 21.6 Å². The summed E-state index contributed by atoms with van der Waals surface area (Å²) in [6.07, 6.45) is 5.14. The van der Waals surface area contributed by atoms with Gasteiger partial charge in [0.1, 0.15) is 5.75 Å². The number of anilines is 1. The molecule has 3 heteroatoms. The summed E-state index contributed by atoms with van der Waals surface area (Å²) in [6, 6.07) is 4.75. The monoisotopic (exact) mass is 353 g/mol. The van der Waals surface area contributed by atoms with E-state index in [1.807, 2.05) is 6.07 Å². The molecule has 0 spiro atoms. The second kappa shape index (κ2) is 6.60. The maximum absolute atomic E-state index is 5.53. The molecule has 1 aromatic rings. The van der Waals surface area contributed by atoms with Crippen LogP contribution in [0.2, 0.25) is 0 Å². The SMILES string of the molecule is COc1cc(Br)cc(C)c1NC1CCC(C(C)(C)C)CC1. The third-order valence-corrected chi connectivity index (χ3v) is 5.24. The number of nitrogens with one attached hydrogen (secondary N) is 1. The van der Waals surface area contributed by atoms with Crippen LogP contribution in [0.25, 0.3) is 0 Å². The zero-order chi connectivity index (χ0) is 15.6. The summed E-state index contributed by atoms with van der Waals surface area (Å²) in [4.78, 5) is 0. The zero-order valence-electron chi connectivity index (χ0n) is 13.9. The Morgan fingerprint density at radius 1 is 1.14 bits per heavy atom. The van der Waals surface area contributed by atoms with Crippen LogP contribution < -0.4 is 10.1 Å². The van der Waals surface area contributed by atoms with E-state index in [9.17, 15) is 0 Å². The second-order valence-electron chi connectivity index (χ2n) is 7.36. The molecule has 1 N–H and O–H groups in total. The van der Waals surface area contributed by atoms with Crippen molar-refractivity contribution < 1.29 is 4.74 Å². The molecule has 2 rings (SSSR count). The molecule has 0 unspecified atom stereocenters. The van der Waals surface area contributed by atoms with Crippen LogP contribution in [0.4, 0.5) is 5.69 Å². The first kappa shape index (κ1) is 16.7. The van der Waals surface area contributed by atoms with Crippen molar-refractivity contribution in [3.05, 3.63) is 22.2 Å². The summed E-state index contributed by atoms with van der Waals surface area (Å²) in [5.74, 6) is 1.78. The van der Waals surface area contributed by atoms with E-state index >= 15 is 0 Å². The molecule has 0 aromatic heterocycles. The topological polar surface area (TPSA) is 21.3 Å². The Kier molecular flexibility index (Phi) is 5.24. The Morgan fingerprint density at radius 2 is 1.76 bits per heavy atom. The van der Waals surface area contributed by atoms with Crippen LogP contribution in [0.5, 0.6) is 5.75 Å². The van der Waals surface area contributed by atoms with Gasteiger partial charge in [-0.05, 0) is 61.6 Å². The first-order valence-electron chi connectivity index (χ1n) is 7.92. The fraction of sp³-hybridized carbons (Fsp3) is 0.667. The molecule has 1 aromatic carbocycles. The van der Waals surface area contributed by atoms with E-state index in [2.05, 4.69) is 55.0 Å². The Hall–Kier alpha value is -0.700. The molecule has 1 fully saturated rings. The minimum atomic E-state index is 0.441. The Labute approximate surface area is 137 Å². The van der Waals surface area contributed by atoms with E-state index in [0.29, 0.717) is 11.5 Å². The Morgan fingerprint density at radius 3 is 2.29 bits per heavy atom. The third kappa shape index (κ3) is 4.15. The predicted molar refractivity (Wildman–Crippen MR) is 94.3 cm³/mol. The molecule has 0 amide bonds. The summed E-state index contributed by atoms with van der Waals surface area (Å²) in [7, 11) is 1.74. The summed E-state index contributed by atoms with van der Waals surface area (Å²) in [5, 5.41) is 3.72. The number of methoxy groups -OCH3 is 1. The summed E-state index contributed by atoms with van der Waals surface area (Å²) < 4.78 is 6.60. The summed E-state index contributed by atoms with van der Waals surface area (Å²) in [5.41, 5.74) is 2.83. The number of benzene rings is 1. The van der Waals surface area contributed by atoms with Gasteiger partial charge < -0.3 is 10.1 Å². The minimum Gasteiger partial charge on any atom is -0.495 e. The fourth-order valence-electron chi connectivity index (χ4n) is 3.37. The maximum Gasteiger partial charge on any atom is 0.143 e. The van der Waals surface area contributed by atoms with Crippen LogP contribution in [-0.2, 0) is 0 Å². The molecule has 21 heavy (non-hydrogen) atoms. The molecule has 0 heterocycles. The molecule has 0 radical (unpaired) electrons. The van der Waals surface area contributed by atoms with Gasteiger partial charge in [-0.15, -0.1) is 0 Å². The molecule has 2 nitrogen and oxygen atoms in total. The van der Waals surface area contributed by atoms with Gasteiger partial charge in [-0.1, -0.05) is 36.7 Å². The molecule has 1 aliphatic rings. The van der Waals surface area contributed by atoms with Gasteiger partial charge in [0.2, 0.25) is 0 Å². The van der Waals surface area contributed by atoms with Gasteiger partial charge in [-0.2, -0.15) is 0 Å². The number of hydrogen-bond acceptors (Lipinski definition) is 2. The van der Waals surface area contributed by atoms with Crippen LogP contribution in [0, 0.1) is 18.3 Å². The standard InChI is InChI=1S/C18H28BrNO/c1-12-10-14(19)11-16(21-5)17(12)20-15-8-6-13(7-9-15)18(2,3)4/h10-11,13,15,20H,6-9H2,1-5H3. The third-order valence-electron chi connectivity index (χ3n) is 4.78. The van der Waals surface area contributed by atoms with E-state index in [-0.39, 0.29) is 0 Å². The van der Waals surface area contributed by atoms with Gasteiger partial charge in [0, 0.05) is 10.5 Å². The highest BCUT2D eigenvalue weighted by Gasteiger charge is 2.30. The smallest absolute Gasteiger partial charge is 0.143 e. The van der Waals surface area contributed by atoms with E-state index in [0.717, 1.165) is 21.8 Å². The molecule has 118 valence electrons. The highest BCUT2D eigenvalue weighted by Crippen LogP contribution is 2.40. The zero-order valence-corrected chi connectivity index (χ0v) is 15.5. The van der Waals surface area contributed by atoms with Crippen molar-refractivity contribution in [2.45, 2.75) is 59.4 Å². The van der Waals surface area contributed by atoms with Gasteiger partial charge in [-0.3, -0.25) is 0 Å². The van der Waals surface area contributed by atoms with E-state index in [1.165, 1.54) is 31.2 Å². The average molecular weight is 354 g/mol. The molecule has 1 aliphatic carbocycles. The number of aryl methyl sites for hydroxylation is 1.